The van der Waals surface area contributed by atoms with E-state index in [4.69, 9.17) is 14.5 Å². The van der Waals surface area contributed by atoms with Gasteiger partial charge in [0.1, 0.15) is 11.6 Å². The lowest BCUT2D eigenvalue weighted by atomic mass is 10.1. The number of methoxy groups -OCH3 is 1. The number of carbonyl (C=O) groups excluding carboxylic acids is 1. The Bertz CT molecular complexity index is 1480. The van der Waals surface area contributed by atoms with Crippen molar-refractivity contribution in [2.24, 2.45) is 0 Å². The van der Waals surface area contributed by atoms with Gasteiger partial charge >= 0.3 is 0 Å². The first-order chi connectivity index (χ1) is 20.4. The summed E-state index contributed by atoms with van der Waals surface area (Å²) in [6, 6.07) is 14.5. The number of aromatic amines is 1. The Morgan fingerprint density at radius 1 is 1.12 bits per heavy atom. The van der Waals surface area contributed by atoms with Gasteiger partial charge in [-0.1, -0.05) is 18.2 Å². The first-order valence-electron chi connectivity index (χ1n) is 14.1. The van der Waals surface area contributed by atoms with E-state index in [0.717, 1.165) is 28.4 Å². The number of halogens is 1. The SMILES string of the molecule is CCOc1ccc(CNC(=O)CC2CN(c3cc(C)nc(-c4ncc[nH]4)n3)CCN2Cc2ccc(OC)c(F)c2)cc1. The molecule has 4 aromatic rings. The molecule has 1 aliphatic heterocycles. The number of amides is 1. The number of anilines is 1. The average Bonchev–Trinajstić information content (AvgIpc) is 3.53. The van der Waals surface area contributed by atoms with E-state index in [9.17, 15) is 9.18 Å². The van der Waals surface area contributed by atoms with Crippen LogP contribution in [0.1, 0.15) is 30.2 Å². The average molecular weight is 574 g/mol. The molecule has 3 heterocycles. The standard InChI is InChI=1S/C31H36FN7O3/c1-4-42-25-8-5-22(6-9-25)18-35-29(40)17-24-20-39(28-15-21(2)36-31(37-28)30-33-11-12-34-30)14-13-38(24)19-23-7-10-27(41-3)26(32)16-23/h5-12,15-16,24H,4,13-14,17-20H2,1-3H3,(H,33,34)(H,35,40). The number of aromatic nitrogens is 4. The minimum absolute atomic E-state index is 0.0585. The molecule has 0 aliphatic carbocycles. The number of ether oxygens (including phenoxy) is 2. The molecule has 1 aliphatic rings. The van der Waals surface area contributed by atoms with Crippen molar-refractivity contribution in [3.05, 3.63) is 83.6 Å². The lowest BCUT2D eigenvalue weighted by molar-refractivity contribution is -0.122. The van der Waals surface area contributed by atoms with Crippen molar-refractivity contribution in [3.8, 4) is 23.1 Å². The van der Waals surface area contributed by atoms with Crippen LogP contribution in [0.2, 0.25) is 0 Å². The monoisotopic (exact) mass is 573 g/mol. The molecule has 0 bridgehead atoms. The molecule has 1 amide bonds. The number of rotatable bonds is 11. The van der Waals surface area contributed by atoms with Gasteiger partial charge in [0.15, 0.2) is 23.2 Å². The fourth-order valence-electron chi connectivity index (χ4n) is 5.11. The Morgan fingerprint density at radius 2 is 1.93 bits per heavy atom. The zero-order valence-corrected chi connectivity index (χ0v) is 24.1. The van der Waals surface area contributed by atoms with Crippen LogP contribution in [0.25, 0.3) is 11.6 Å². The maximum atomic E-state index is 14.5. The second-order valence-corrected chi connectivity index (χ2v) is 10.2. The highest BCUT2D eigenvalue weighted by atomic mass is 19.1. The fraction of sp³-hybridized carbons (Fsp3) is 0.355. The predicted molar refractivity (Wildman–Crippen MR) is 158 cm³/mol. The number of carbonyl (C=O) groups is 1. The van der Waals surface area contributed by atoms with Crippen molar-refractivity contribution >= 4 is 11.7 Å². The van der Waals surface area contributed by atoms with Crippen LogP contribution >= 0.6 is 0 Å². The molecule has 10 nitrogen and oxygen atoms in total. The highest BCUT2D eigenvalue weighted by molar-refractivity contribution is 5.76. The molecule has 0 saturated carbocycles. The maximum absolute atomic E-state index is 14.5. The molecule has 5 rings (SSSR count). The van der Waals surface area contributed by atoms with E-state index in [1.54, 1.807) is 18.5 Å². The third-order valence-electron chi connectivity index (χ3n) is 7.23. The molecule has 0 spiro atoms. The van der Waals surface area contributed by atoms with Gasteiger partial charge in [-0.3, -0.25) is 9.69 Å². The van der Waals surface area contributed by atoms with Crippen molar-refractivity contribution in [3.63, 3.8) is 0 Å². The molecule has 0 radical (unpaired) electrons. The summed E-state index contributed by atoms with van der Waals surface area (Å²) in [6.07, 6.45) is 3.69. The van der Waals surface area contributed by atoms with Crippen LogP contribution in [0.15, 0.2) is 60.9 Å². The van der Waals surface area contributed by atoms with Gasteiger partial charge in [0, 0.05) is 69.3 Å². The van der Waals surface area contributed by atoms with Gasteiger partial charge in [0.25, 0.3) is 0 Å². The summed E-state index contributed by atoms with van der Waals surface area (Å²) in [5.41, 5.74) is 2.64. The van der Waals surface area contributed by atoms with Crippen molar-refractivity contribution in [1.82, 2.24) is 30.2 Å². The molecule has 1 unspecified atom stereocenters. The summed E-state index contributed by atoms with van der Waals surface area (Å²) < 4.78 is 25.1. The number of nitrogens with one attached hydrogen (secondary N) is 2. The third kappa shape index (κ3) is 7.22. The smallest absolute Gasteiger partial charge is 0.221 e. The topological polar surface area (TPSA) is 108 Å². The quantitative estimate of drug-likeness (QED) is 0.276. The van der Waals surface area contributed by atoms with Gasteiger partial charge < -0.3 is 24.7 Å². The second kappa shape index (κ2) is 13.4. The van der Waals surface area contributed by atoms with Crippen molar-refractivity contribution in [2.75, 3.05) is 38.3 Å². The Labute approximate surface area is 244 Å². The zero-order valence-electron chi connectivity index (χ0n) is 24.1. The van der Waals surface area contributed by atoms with Gasteiger partial charge in [-0.25, -0.2) is 19.3 Å². The highest BCUT2D eigenvalue weighted by Crippen LogP contribution is 2.25. The normalized spacial score (nSPS) is 15.4. The Kier molecular flexibility index (Phi) is 9.28. The summed E-state index contributed by atoms with van der Waals surface area (Å²) in [7, 11) is 1.45. The lowest BCUT2D eigenvalue weighted by Crippen LogP contribution is -2.54. The van der Waals surface area contributed by atoms with Gasteiger partial charge in [-0.2, -0.15) is 0 Å². The van der Waals surface area contributed by atoms with Crippen molar-refractivity contribution < 1.29 is 18.7 Å². The van der Waals surface area contributed by atoms with Crippen LogP contribution in [-0.2, 0) is 17.9 Å². The Balaban J connectivity index is 1.31. The number of benzene rings is 2. The molecule has 11 heteroatoms. The molecule has 1 fully saturated rings. The minimum Gasteiger partial charge on any atom is -0.494 e. The third-order valence-corrected chi connectivity index (χ3v) is 7.23. The van der Waals surface area contributed by atoms with Crippen molar-refractivity contribution in [1.29, 1.82) is 0 Å². The van der Waals surface area contributed by atoms with E-state index < -0.39 is 5.82 Å². The summed E-state index contributed by atoms with van der Waals surface area (Å²) in [5.74, 6) is 2.46. The van der Waals surface area contributed by atoms with Crippen LogP contribution in [0, 0.1) is 12.7 Å². The molecule has 42 heavy (non-hydrogen) atoms. The highest BCUT2D eigenvalue weighted by Gasteiger charge is 2.30. The molecule has 2 aromatic carbocycles. The van der Waals surface area contributed by atoms with E-state index in [0.29, 0.717) is 51.0 Å². The molecule has 1 saturated heterocycles. The molecular weight excluding hydrogens is 537 g/mol. The summed E-state index contributed by atoms with van der Waals surface area (Å²) in [6.45, 7) is 7.34. The number of aryl methyl sites for hydroxylation is 1. The molecule has 220 valence electrons. The fourth-order valence-corrected chi connectivity index (χ4v) is 5.11. The first kappa shape index (κ1) is 29.0. The lowest BCUT2D eigenvalue weighted by Gasteiger charge is -2.42. The Morgan fingerprint density at radius 3 is 2.64 bits per heavy atom. The van der Waals surface area contributed by atoms with Gasteiger partial charge in [-0.05, 0) is 49.2 Å². The summed E-state index contributed by atoms with van der Waals surface area (Å²) >= 11 is 0. The van der Waals surface area contributed by atoms with E-state index >= 15 is 0 Å². The maximum Gasteiger partial charge on any atom is 0.221 e. The van der Waals surface area contributed by atoms with Gasteiger partial charge in [0.05, 0.1) is 13.7 Å². The predicted octanol–water partition coefficient (Wildman–Crippen LogP) is 4.12. The number of hydrogen-bond acceptors (Lipinski definition) is 8. The molecule has 2 aromatic heterocycles. The second-order valence-electron chi connectivity index (χ2n) is 10.2. The van der Waals surface area contributed by atoms with Crippen LogP contribution in [-0.4, -0.2) is 70.1 Å². The minimum atomic E-state index is -0.403. The van der Waals surface area contributed by atoms with Crippen molar-refractivity contribution in [2.45, 2.75) is 39.4 Å². The number of nitrogens with zero attached hydrogens (tertiary/aromatic N) is 5. The summed E-state index contributed by atoms with van der Waals surface area (Å²) in [5, 5.41) is 3.06. The van der Waals surface area contributed by atoms with Crippen LogP contribution in [0.3, 0.4) is 0 Å². The van der Waals surface area contributed by atoms with Gasteiger partial charge in [0.2, 0.25) is 5.91 Å². The molecule has 1 atom stereocenters. The first-order valence-corrected chi connectivity index (χ1v) is 14.1. The van der Waals surface area contributed by atoms with E-state index in [1.165, 1.54) is 13.2 Å². The zero-order chi connectivity index (χ0) is 29.5. The van der Waals surface area contributed by atoms with Crippen LogP contribution in [0.5, 0.6) is 11.5 Å². The molecule has 2 N–H and O–H groups in total. The van der Waals surface area contributed by atoms with Crippen LogP contribution in [0.4, 0.5) is 10.2 Å². The number of piperazine rings is 1. The molecular formula is C31H36FN7O3. The van der Waals surface area contributed by atoms with Gasteiger partial charge in [-0.15, -0.1) is 0 Å². The number of H-pyrrole nitrogens is 1. The largest absolute Gasteiger partial charge is 0.494 e. The summed E-state index contributed by atoms with van der Waals surface area (Å²) in [4.78, 5) is 34.3. The number of imidazole rings is 1. The van der Waals surface area contributed by atoms with Crippen LogP contribution < -0.4 is 19.7 Å². The Hall–Kier alpha value is -4.51. The van der Waals surface area contributed by atoms with E-state index in [2.05, 4.69) is 30.1 Å². The number of hydrogen-bond donors (Lipinski definition) is 2. The van der Waals surface area contributed by atoms with E-state index in [-0.39, 0.29) is 24.1 Å². The van der Waals surface area contributed by atoms with E-state index in [1.807, 2.05) is 50.2 Å².